The molecule has 0 radical (unpaired) electrons. The molecule has 4 aromatic rings. The van der Waals surface area contributed by atoms with Gasteiger partial charge in [-0.2, -0.15) is 0 Å². The molecule has 0 bridgehead atoms. The first-order valence-corrected chi connectivity index (χ1v) is 14.8. The number of benzene rings is 4. The summed E-state index contributed by atoms with van der Waals surface area (Å²) in [7, 11) is 6.77. The van der Waals surface area contributed by atoms with Crippen molar-refractivity contribution in [3.8, 4) is 34.1 Å². The number of fused-ring (bicyclic) bond motifs is 4. The monoisotopic (exact) mass is 562 g/mol. The molecule has 0 spiro atoms. The Hall–Kier alpha value is -3.92. The van der Waals surface area contributed by atoms with Crippen LogP contribution in [-0.2, 0) is 22.7 Å². The Bertz CT molecular complexity index is 1640. The van der Waals surface area contributed by atoms with Gasteiger partial charge in [-0.1, -0.05) is 77.1 Å². The first-order chi connectivity index (χ1) is 20.0. The van der Waals surface area contributed by atoms with Gasteiger partial charge in [-0.05, 0) is 98.0 Å². The van der Waals surface area contributed by atoms with Crippen molar-refractivity contribution in [3.63, 3.8) is 0 Å². The molecule has 4 heteroatoms. The zero-order valence-electron chi connectivity index (χ0n) is 26.4. The fourth-order valence-electron chi connectivity index (χ4n) is 7.21. The second kappa shape index (κ2) is 9.83. The summed E-state index contributed by atoms with van der Waals surface area (Å²) < 4.78 is 23.1. The summed E-state index contributed by atoms with van der Waals surface area (Å²) in [6.45, 7) is 11.6. The van der Waals surface area contributed by atoms with Gasteiger partial charge in [-0.3, -0.25) is 0 Å². The Morgan fingerprint density at radius 3 is 1.67 bits per heavy atom. The molecule has 0 amide bonds. The van der Waals surface area contributed by atoms with E-state index >= 15 is 0 Å². The van der Waals surface area contributed by atoms with Crippen LogP contribution in [0.1, 0.15) is 80.0 Å². The van der Waals surface area contributed by atoms with Crippen LogP contribution < -0.4 is 18.9 Å². The van der Waals surface area contributed by atoms with Crippen LogP contribution in [0.3, 0.4) is 0 Å². The van der Waals surface area contributed by atoms with Crippen LogP contribution >= 0.6 is 0 Å². The number of rotatable bonds is 8. The lowest BCUT2D eigenvalue weighted by atomic mass is 9.62. The van der Waals surface area contributed by atoms with Crippen molar-refractivity contribution < 1.29 is 18.9 Å². The minimum atomic E-state index is -0.621. The Labute approximate surface area is 250 Å². The second-order valence-electron chi connectivity index (χ2n) is 13.0. The molecule has 0 unspecified atom stereocenters. The number of hydrogen-bond acceptors (Lipinski definition) is 4. The average molecular weight is 563 g/mol. The second-order valence-corrected chi connectivity index (χ2v) is 13.0. The summed E-state index contributed by atoms with van der Waals surface area (Å²) in [6, 6.07) is 24.8. The van der Waals surface area contributed by atoms with Crippen LogP contribution in [0, 0.1) is 0 Å². The van der Waals surface area contributed by atoms with E-state index in [1.54, 1.807) is 28.4 Å². The highest BCUT2D eigenvalue weighted by molar-refractivity contribution is 5.88. The fraction of sp³-hybridized carbons (Fsp3) is 0.368. The highest BCUT2D eigenvalue weighted by Crippen LogP contribution is 2.60. The average Bonchev–Trinajstić information content (AvgIpc) is 3.29. The van der Waals surface area contributed by atoms with E-state index in [0.29, 0.717) is 23.0 Å². The largest absolute Gasteiger partial charge is 0.493 e. The minimum absolute atomic E-state index is 0.0248. The van der Waals surface area contributed by atoms with Crippen molar-refractivity contribution >= 4 is 0 Å². The first kappa shape index (κ1) is 28.2. The molecule has 218 valence electrons. The maximum atomic E-state index is 5.89. The highest BCUT2D eigenvalue weighted by atomic mass is 16.5. The molecular weight excluding hydrogens is 520 g/mol. The van der Waals surface area contributed by atoms with E-state index in [1.165, 1.54) is 38.9 Å². The molecule has 0 aromatic heterocycles. The van der Waals surface area contributed by atoms with E-state index < -0.39 is 5.41 Å². The first-order valence-electron chi connectivity index (χ1n) is 14.8. The molecule has 0 aliphatic heterocycles. The van der Waals surface area contributed by atoms with Crippen molar-refractivity contribution in [3.05, 3.63) is 106 Å². The maximum Gasteiger partial charge on any atom is 0.161 e. The van der Waals surface area contributed by atoms with E-state index in [4.69, 9.17) is 18.9 Å². The summed E-state index contributed by atoms with van der Waals surface area (Å²) in [4.78, 5) is 0. The summed E-state index contributed by atoms with van der Waals surface area (Å²) in [5.41, 5.74) is 11.1. The van der Waals surface area contributed by atoms with Crippen molar-refractivity contribution in [2.75, 3.05) is 28.4 Å². The van der Waals surface area contributed by atoms with E-state index in [0.717, 1.165) is 24.0 Å². The zero-order chi connectivity index (χ0) is 30.0. The molecule has 0 fully saturated rings. The van der Waals surface area contributed by atoms with Crippen LogP contribution in [0.5, 0.6) is 23.0 Å². The topological polar surface area (TPSA) is 36.9 Å². The summed E-state index contributed by atoms with van der Waals surface area (Å²) in [5, 5.41) is 0. The van der Waals surface area contributed by atoms with Gasteiger partial charge in [0.15, 0.2) is 23.0 Å². The molecule has 42 heavy (non-hydrogen) atoms. The minimum Gasteiger partial charge on any atom is -0.493 e. The number of ether oxygens (including phenoxy) is 4. The molecule has 2 aliphatic carbocycles. The highest BCUT2D eigenvalue weighted by Gasteiger charge is 2.49. The van der Waals surface area contributed by atoms with Gasteiger partial charge in [0, 0.05) is 0 Å². The Morgan fingerprint density at radius 2 is 1.17 bits per heavy atom. The Balaban J connectivity index is 1.79. The van der Waals surface area contributed by atoms with Gasteiger partial charge in [0.1, 0.15) is 0 Å². The van der Waals surface area contributed by atoms with E-state index in [2.05, 4.69) is 89.2 Å². The molecule has 0 atom stereocenters. The lowest BCUT2D eigenvalue weighted by molar-refractivity contribution is 0.353. The molecule has 4 nitrogen and oxygen atoms in total. The van der Waals surface area contributed by atoms with E-state index in [9.17, 15) is 0 Å². The summed E-state index contributed by atoms with van der Waals surface area (Å²) in [6.07, 6.45) is 2.13. The smallest absolute Gasteiger partial charge is 0.161 e. The number of hydrogen-bond donors (Lipinski definition) is 0. The lowest BCUT2D eigenvalue weighted by Gasteiger charge is -2.41. The van der Waals surface area contributed by atoms with Crippen molar-refractivity contribution in [1.29, 1.82) is 0 Å². The molecule has 4 aromatic carbocycles. The van der Waals surface area contributed by atoms with E-state index in [-0.39, 0.29) is 10.8 Å². The van der Waals surface area contributed by atoms with Gasteiger partial charge in [-0.15, -0.1) is 0 Å². The Kier molecular flexibility index (Phi) is 6.60. The predicted molar refractivity (Wildman–Crippen MR) is 170 cm³/mol. The van der Waals surface area contributed by atoms with Gasteiger partial charge in [0.2, 0.25) is 0 Å². The van der Waals surface area contributed by atoms with Crippen molar-refractivity contribution in [2.24, 2.45) is 0 Å². The SMILES string of the molecule is CCC(C)(C)c1ccc2c(c1)C(c1ccc(OC)c(OC)c1)(c1ccc(OC)c(OC)c1)c1cc3c(cc1-2)CC3(C)C. The van der Waals surface area contributed by atoms with Crippen LogP contribution in [0.25, 0.3) is 11.1 Å². The predicted octanol–water partition coefficient (Wildman–Crippen LogP) is 8.61. The standard InChI is InChI=1S/C38H42O4/c1-10-36(2,3)24-11-14-27-28-17-23-22-37(4,5)29(23)21-31(28)38(30(27)18-24,25-12-15-32(39-6)34(19-25)41-8)26-13-16-33(40-7)35(20-26)42-9/h11-21H,10,22H2,1-9H3. The van der Waals surface area contributed by atoms with Crippen LogP contribution in [0.4, 0.5) is 0 Å². The van der Waals surface area contributed by atoms with Gasteiger partial charge in [0.25, 0.3) is 0 Å². The van der Waals surface area contributed by atoms with Gasteiger partial charge >= 0.3 is 0 Å². The van der Waals surface area contributed by atoms with Crippen molar-refractivity contribution in [2.45, 2.75) is 63.7 Å². The van der Waals surface area contributed by atoms with Gasteiger partial charge < -0.3 is 18.9 Å². The summed E-state index contributed by atoms with van der Waals surface area (Å²) in [5.74, 6) is 2.83. The molecule has 0 heterocycles. The van der Waals surface area contributed by atoms with Crippen LogP contribution in [-0.4, -0.2) is 28.4 Å². The molecule has 0 saturated heterocycles. The van der Waals surface area contributed by atoms with Crippen LogP contribution in [0.2, 0.25) is 0 Å². The van der Waals surface area contributed by atoms with Crippen LogP contribution in [0.15, 0.2) is 66.7 Å². The molecule has 6 rings (SSSR count). The Morgan fingerprint density at radius 1 is 0.619 bits per heavy atom. The molecular formula is C38H42O4. The molecule has 0 N–H and O–H groups in total. The maximum absolute atomic E-state index is 5.89. The third-order valence-corrected chi connectivity index (χ3v) is 10.0. The summed E-state index contributed by atoms with van der Waals surface area (Å²) >= 11 is 0. The third kappa shape index (κ3) is 3.87. The van der Waals surface area contributed by atoms with Gasteiger partial charge in [0.05, 0.1) is 33.9 Å². The molecule has 0 saturated carbocycles. The fourth-order valence-corrected chi connectivity index (χ4v) is 7.21. The number of methoxy groups -OCH3 is 4. The molecule has 2 aliphatic rings. The van der Waals surface area contributed by atoms with Crippen molar-refractivity contribution in [1.82, 2.24) is 0 Å². The normalized spacial score (nSPS) is 15.6. The third-order valence-electron chi connectivity index (χ3n) is 10.0. The van der Waals surface area contributed by atoms with Gasteiger partial charge in [-0.25, -0.2) is 0 Å². The lowest BCUT2D eigenvalue weighted by Crippen LogP contribution is -2.34. The quantitative estimate of drug-likeness (QED) is 0.190. The zero-order valence-corrected chi connectivity index (χ0v) is 26.4. The van der Waals surface area contributed by atoms with E-state index in [1.807, 2.05) is 12.1 Å².